The van der Waals surface area contributed by atoms with Crippen LogP contribution < -0.4 is 0 Å². The molecule has 2 rings (SSSR count). The number of amides is 1. The van der Waals surface area contributed by atoms with Crippen molar-refractivity contribution in [2.45, 2.75) is 38.5 Å². The number of likely N-dealkylation sites (tertiary alicyclic amines) is 1. The van der Waals surface area contributed by atoms with Gasteiger partial charge < -0.3 is 14.7 Å². The zero-order chi connectivity index (χ0) is 13.9. The molecular formula is C14H23NO4. The van der Waals surface area contributed by atoms with Crippen LogP contribution in [0.4, 0.5) is 0 Å². The number of carboxylic acids is 1. The first kappa shape index (κ1) is 14.3. The Hall–Kier alpha value is -1.10. The molecule has 0 aromatic heterocycles. The largest absolute Gasteiger partial charge is 0.481 e. The quantitative estimate of drug-likeness (QED) is 0.794. The Morgan fingerprint density at radius 3 is 2.42 bits per heavy atom. The molecule has 2 aliphatic rings. The van der Waals surface area contributed by atoms with E-state index in [1.165, 1.54) is 0 Å². The first-order valence-electron chi connectivity index (χ1n) is 7.07. The fourth-order valence-corrected chi connectivity index (χ4v) is 2.94. The van der Waals surface area contributed by atoms with Gasteiger partial charge >= 0.3 is 5.97 Å². The van der Waals surface area contributed by atoms with Crippen LogP contribution >= 0.6 is 0 Å². The lowest BCUT2D eigenvalue weighted by molar-refractivity contribution is -0.140. The summed E-state index contributed by atoms with van der Waals surface area (Å²) in [5.74, 6) is -0.238. The van der Waals surface area contributed by atoms with Gasteiger partial charge in [-0.1, -0.05) is 0 Å². The van der Waals surface area contributed by atoms with E-state index in [2.05, 4.69) is 0 Å². The van der Waals surface area contributed by atoms with Gasteiger partial charge in [0, 0.05) is 33.2 Å². The summed E-state index contributed by atoms with van der Waals surface area (Å²) >= 11 is 0. The molecule has 5 nitrogen and oxygen atoms in total. The molecule has 5 heteroatoms. The predicted molar refractivity (Wildman–Crippen MR) is 69.7 cm³/mol. The van der Waals surface area contributed by atoms with Crippen LogP contribution in [0.5, 0.6) is 0 Å². The van der Waals surface area contributed by atoms with Crippen LogP contribution in [0.1, 0.15) is 38.5 Å². The van der Waals surface area contributed by atoms with Crippen LogP contribution in [0.15, 0.2) is 0 Å². The van der Waals surface area contributed by atoms with E-state index < -0.39 is 5.97 Å². The summed E-state index contributed by atoms with van der Waals surface area (Å²) < 4.78 is 5.08. The molecule has 0 radical (unpaired) electrons. The molecule has 1 N–H and O–H groups in total. The maximum Gasteiger partial charge on any atom is 0.303 e. The van der Waals surface area contributed by atoms with E-state index in [-0.39, 0.29) is 23.7 Å². The molecule has 0 spiro atoms. The number of ether oxygens (including phenoxy) is 1. The second kappa shape index (κ2) is 5.90. The van der Waals surface area contributed by atoms with E-state index in [0.717, 1.165) is 32.1 Å². The molecule has 0 unspecified atom stereocenters. The number of carbonyl (C=O) groups is 2. The number of rotatable bonds is 6. The van der Waals surface area contributed by atoms with Gasteiger partial charge in [-0.25, -0.2) is 0 Å². The summed E-state index contributed by atoms with van der Waals surface area (Å²) in [5.41, 5.74) is -0.157. The van der Waals surface area contributed by atoms with Crippen LogP contribution in [0.3, 0.4) is 0 Å². The zero-order valence-corrected chi connectivity index (χ0v) is 11.6. The van der Waals surface area contributed by atoms with Gasteiger partial charge in [-0.15, -0.1) is 0 Å². The SMILES string of the molecule is COCCC1(C(=O)N2CCC(CC(=O)O)CC2)CC1. The van der Waals surface area contributed by atoms with Gasteiger partial charge in [0.15, 0.2) is 0 Å². The summed E-state index contributed by atoms with van der Waals surface area (Å²) in [6.07, 6.45) is 4.64. The van der Waals surface area contributed by atoms with Crippen LogP contribution in [0.25, 0.3) is 0 Å². The highest BCUT2D eigenvalue weighted by molar-refractivity contribution is 5.85. The third kappa shape index (κ3) is 3.47. The van der Waals surface area contributed by atoms with Crippen molar-refractivity contribution in [3.63, 3.8) is 0 Å². The summed E-state index contributed by atoms with van der Waals surface area (Å²) in [5, 5.41) is 8.78. The van der Waals surface area contributed by atoms with Gasteiger partial charge in [0.05, 0.1) is 5.41 Å². The second-order valence-corrected chi connectivity index (χ2v) is 5.86. The summed E-state index contributed by atoms with van der Waals surface area (Å²) in [4.78, 5) is 25.1. The Bertz CT molecular complexity index is 343. The minimum atomic E-state index is -0.733. The molecule has 0 aromatic rings. The van der Waals surface area contributed by atoms with Crippen molar-refractivity contribution in [1.82, 2.24) is 4.90 Å². The Morgan fingerprint density at radius 2 is 1.95 bits per heavy atom. The van der Waals surface area contributed by atoms with Crippen molar-refractivity contribution in [2.75, 3.05) is 26.8 Å². The van der Waals surface area contributed by atoms with E-state index in [9.17, 15) is 9.59 Å². The molecule has 1 heterocycles. The average molecular weight is 269 g/mol. The number of carbonyl (C=O) groups excluding carboxylic acids is 1. The first-order valence-corrected chi connectivity index (χ1v) is 7.07. The Balaban J connectivity index is 1.81. The molecule has 0 atom stereocenters. The molecule has 1 aliphatic heterocycles. The molecule has 19 heavy (non-hydrogen) atoms. The summed E-state index contributed by atoms with van der Waals surface area (Å²) in [6.45, 7) is 2.07. The normalized spacial score (nSPS) is 22.3. The maximum absolute atomic E-state index is 12.5. The lowest BCUT2D eigenvalue weighted by Gasteiger charge is -2.34. The van der Waals surface area contributed by atoms with Crippen molar-refractivity contribution >= 4 is 11.9 Å². The van der Waals surface area contributed by atoms with Crippen molar-refractivity contribution in [1.29, 1.82) is 0 Å². The van der Waals surface area contributed by atoms with Gasteiger partial charge in [0.1, 0.15) is 0 Å². The summed E-state index contributed by atoms with van der Waals surface area (Å²) in [7, 11) is 1.66. The fourth-order valence-electron chi connectivity index (χ4n) is 2.94. The predicted octanol–water partition coefficient (Wildman–Crippen LogP) is 1.52. The highest BCUT2D eigenvalue weighted by Crippen LogP contribution is 2.50. The van der Waals surface area contributed by atoms with Crippen LogP contribution in [0, 0.1) is 11.3 Å². The topological polar surface area (TPSA) is 66.8 Å². The van der Waals surface area contributed by atoms with Gasteiger partial charge in [-0.05, 0) is 38.0 Å². The van der Waals surface area contributed by atoms with Gasteiger partial charge in [0.2, 0.25) is 5.91 Å². The van der Waals surface area contributed by atoms with Crippen LogP contribution in [-0.2, 0) is 14.3 Å². The van der Waals surface area contributed by atoms with E-state index in [4.69, 9.17) is 9.84 Å². The molecule has 0 bridgehead atoms. The second-order valence-electron chi connectivity index (χ2n) is 5.86. The monoisotopic (exact) mass is 269 g/mol. The Kier molecular flexibility index (Phi) is 4.45. The Labute approximate surface area is 113 Å². The number of piperidine rings is 1. The van der Waals surface area contributed by atoms with Crippen LogP contribution in [0.2, 0.25) is 0 Å². The van der Waals surface area contributed by atoms with E-state index in [0.29, 0.717) is 19.7 Å². The van der Waals surface area contributed by atoms with Crippen LogP contribution in [-0.4, -0.2) is 48.7 Å². The third-order valence-electron chi connectivity index (χ3n) is 4.46. The Morgan fingerprint density at radius 1 is 1.32 bits per heavy atom. The standard InChI is InChI=1S/C14H23NO4/c1-19-9-6-14(4-5-14)13(18)15-7-2-11(3-8-15)10-12(16)17/h11H,2-10H2,1H3,(H,16,17). The van der Waals surface area contributed by atoms with E-state index in [1.807, 2.05) is 4.90 Å². The molecule has 0 aromatic carbocycles. The highest BCUT2D eigenvalue weighted by atomic mass is 16.5. The molecule has 1 amide bonds. The first-order chi connectivity index (χ1) is 9.07. The van der Waals surface area contributed by atoms with Crippen molar-refractivity contribution < 1.29 is 19.4 Å². The number of carboxylic acid groups (broad SMARTS) is 1. The average Bonchev–Trinajstić information content (AvgIpc) is 3.17. The minimum Gasteiger partial charge on any atom is -0.481 e. The minimum absolute atomic E-state index is 0.157. The molecule has 2 fully saturated rings. The molecular weight excluding hydrogens is 246 g/mol. The molecule has 108 valence electrons. The number of hydrogen-bond donors (Lipinski definition) is 1. The third-order valence-corrected chi connectivity index (χ3v) is 4.46. The highest BCUT2D eigenvalue weighted by Gasteiger charge is 2.51. The van der Waals surface area contributed by atoms with Crippen molar-refractivity contribution in [3.05, 3.63) is 0 Å². The van der Waals surface area contributed by atoms with Crippen molar-refractivity contribution in [3.8, 4) is 0 Å². The molecule has 1 saturated heterocycles. The lowest BCUT2D eigenvalue weighted by atomic mass is 9.92. The fraction of sp³-hybridized carbons (Fsp3) is 0.857. The van der Waals surface area contributed by atoms with Crippen molar-refractivity contribution in [2.24, 2.45) is 11.3 Å². The van der Waals surface area contributed by atoms with Gasteiger partial charge in [0.25, 0.3) is 0 Å². The van der Waals surface area contributed by atoms with E-state index >= 15 is 0 Å². The number of nitrogens with zero attached hydrogens (tertiary/aromatic N) is 1. The maximum atomic E-state index is 12.5. The summed E-state index contributed by atoms with van der Waals surface area (Å²) in [6, 6.07) is 0. The van der Waals surface area contributed by atoms with E-state index in [1.54, 1.807) is 7.11 Å². The number of hydrogen-bond acceptors (Lipinski definition) is 3. The zero-order valence-electron chi connectivity index (χ0n) is 11.6. The smallest absolute Gasteiger partial charge is 0.303 e. The molecule has 1 saturated carbocycles. The van der Waals surface area contributed by atoms with Gasteiger partial charge in [-0.2, -0.15) is 0 Å². The molecule has 1 aliphatic carbocycles. The number of aliphatic carboxylic acids is 1. The lowest BCUT2D eigenvalue weighted by Crippen LogP contribution is -2.43. The number of methoxy groups -OCH3 is 1. The van der Waals surface area contributed by atoms with Gasteiger partial charge in [-0.3, -0.25) is 9.59 Å².